The van der Waals surface area contributed by atoms with Gasteiger partial charge in [-0.2, -0.15) is 4.31 Å². The normalized spacial score (nSPS) is 24.4. The zero-order valence-corrected chi connectivity index (χ0v) is 14.7. The minimum absolute atomic E-state index is 0.0628. The number of aryl methyl sites for hydroxylation is 1. The van der Waals surface area contributed by atoms with Gasteiger partial charge in [0.2, 0.25) is 10.0 Å². The van der Waals surface area contributed by atoms with Crippen molar-refractivity contribution in [3.8, 4) is 0 Å². The number of nitrogens with zero attached hydrogens (tertiary/aromatic N) is 1. The third-order valence-corrected chi connectivity index (χ3v) is 7.09. The predicted octanol–water partition coefficient (Wildman–Crippen LogP) is 1.96. The van der Waals surface area contributed by atoms with E-state index >= 15 is 0 Å². The van der Waals surface area contributed by atoms with Crippen molar-refractivity contribution in [2.45, 2.75) is 51.3 Å². The van der Waals surface area contributed by atoms with Crippen LogP contribution in [0.4, 0.5) is 0 Å². The fraction of sp³-hybridized carbons (Fsp3) is 0.714. The smallest absolute Gasteiger partial charge is 0.244 e. The minimum atomic E-state index is -3.47. The molecule has 2 atom stereocenters. The Morgan fingerprint density at radius 3 is 2.86 bits per heavy atom. The molecule has 0 radical (unpaired) electrons. The first-order chi connectivity index (χ1) is 9.87. The zero-order valence-electron chi connectivity index (χ0n) is 13.0. The van der Waals surface area contributed by atoms with E-state index in [1.807, 2.05) is 33.1 Å². The molecule has 1 aliphatic rings. The van der Waals surface area contributed by atoms with E-state index in [1.54, 1.807) is 4.31 Å². The second-order valence-electron chi connectivity index (χ2n) is 5.52. The maximum atomic E-state index is 13.1. The Morgan fingerprint density at radius 2 is 2.19 bits per heavy atom. The van der Waals surface area contributed by atoms with E-state index in [1.165, 1.54) is 11.3 Å². The van der Waals surface area contributed by atoms with Gasteiger partial charge >= 0.3 is 0 Å². The number of hydrogen-bond acceptors (Lipinski definition) is 5. The first-order valence-corrected chi connectivity index (χ1v) is 9.61. The van der Waals surface area contributed by atoms with Crippen molar-refractivity contribution in [2.75, 3.05) is 19.7 Å². The molecule has 0 bridgehead atoms. The second kappa shape index (κ2) is 6.75. The Bertz CT molecular complexity index is 583. The SMILES string of the molecule is CCNCc1scc(C)c1S(=O)(=O)N1CC(C)OCC1C. The molecular formula is C14H24N2O3S2. The summed E-state index contributed by atoms with van der Waals surface area (Å²) in [5.74, 6) is 0. The second-order valence-corrected chi connectivity index (χ2v) is 8.31. The topological polar surface area (TPSA) is 58.6 Å². The maximum Gasteiger partial charge on any atom is 0.244 e. The van der Waals surface area contributed by atoms with E-state index in [0.29, 0.717) is 24.6 Å². The van der Waals surface area contributed by atoms with Crippen LogP contribution in [-0.4, -0.2) is 44.6 Å². The van der Waals surface area contributed by atoms with E-state index in [4.69, 9.17) is 4.74 Å². The molecule has 2 heterocycles. The van der Waals surface area contributed by atoms with Gasteiger partial charge in [0.15, 0.2) is 0 Å². The highest BCUT2D eigenvalue weighted by atomic mass is 32.2. The highest BCUT2D eigenvalue weighted by molar-refractivity contribution is 7.89. The molecule has 0 saturated carbocycles. The maximum absolute atomic E-state index is 13.1. The summed E-state index contributed by atoms with van der Waals surface area (Å²) in [5, 5.41) is 5.14. The van der Waals surface area contributed by atoms with Gasteiger partial charge in [0.05, 0.1) is 12.7 Å². The molecule has 2 unspecified atom stereocenters. The van der Waals surface area contributed by atoms with Crippen LogP contribution in [0.15, 0.2) is 10.3 Å². The summed E-state index contributed by atoms with van der Waals surface area (Å²) in [6.07, 6.45) is -0.0628. The van der Waals surface area contributed by atoms with Gasteiger partial charge < -0.3 is 10.1 Å². The highest BCUT2D eigenvalue weighted by Gasteiger charge is 2.36. The number of morpholine rings is 1. The lowest BCUT2D eigenvalue weighted by Crippen LogP contribution is -2.50. The fourth-order valence-corrected chi connectivity index (χ4v) is 5.95. The van der Waals surface area contributed by atoms with Crippen molar-refractivity contribution in [1.29, 1.82) is 0 Å². The highest BCUT2D eigenvalue weighted by Crippen LogP contribution is 2.31. The van der Waals surface area contributed by atoms with Crippen LogP contribution in [-0.2, 0) is 21.3 Å². The summed E-state index contributed by atoms with van der Waals surface area (Å²) >= 11 is 1.51. The molecule has 0 spiro atoms. The number of rotatable bonds is 5. The lowest BCUT2D eigenvalue weighted by atomic mass is 10.2. The largest absolute Gasteiger partial charge is 0.375 e. The molecular weight excluding hydrogens is 308 g/mol. The van der Waals surface area contributed by atoms with Gasteiger partial charge in [-0.25, -0.2) is 8.42 Å². The van der Waals surface area contributed by atoms with Crippen LogP contribution >= 0.6 is 11.3 Å². The van der Waals surface area contributed by atoms with Crippen LogP contribution in [0, 0.1) is 6.92 Å². The van der Waals surface area contributed by atoms with E-state index in [9.17, 15) is 8.42 Å². The molecule has 0 amide bonds. The molecule has 1 fully saturated rings. The molecule has 0 aromatic carbocycles. The Balaban J connectivity index is 2.36. The lowest BCUT2D eigenvalue weighted by Gasteiger charge is -2.35. The first kappa shape index (κ1) is 16.9. The summed E-state index contributed by atoms with van der Waals surface area (Å²) in [4.78, 5) is 1.37. The van der Waals surface area contributed by atoms with E-state index in [0.717, 1.165) is 17.0 Å². The van der Waals surface area contributed by atoms with Gasteiger partial charge in [-0.1, -0.05) is 6.92 Å². The molecule has 0 aliphatic carbocycles. The molecule has 21 heavy (non-hydrogen) atoms. The first-order valence-electron chi connectivity index (χ1n) is 7.29. The average Bonchev–Trinajstić information content (AvgIpc) is 2.80. The molecule has 2 rings (SSSR count). The molecule has 120 valence electrons. The molecule has 1 aromatic rings. The summed E-state index contributed by atoms with van der Waals surface area (Å²) < 4.78 is 33.2. The Morgan fingerprint density at radius 1 is 1.48 bits per heavy atom. The van der Waals surface area contributed by atoms with Crippen LogP contribution in [0.3, 0.4) is 0 Å². The van der Waals surface area contributed by atoms with Crippen LogP contribution in [0.5, 0.6) is 0 Å². The van der Waals surface area contributed by atoms with Crippen LogP contribution in [0.2, 0.25) is 0 Å². The third-order valence-electron chi connectivity index (χ3n) is 3.64. The van der Waals surface area contributed by atoms with Gasteiger partial charge in [0.25, 0.3) is 0 Å². The Labute approximate surface area is 131 Å². The molecule has 1 saturated heterocycles. The predicted molar refractivity (Wildman–Crippen MR) is 85.2 cm³/mol. The minimum Gasteiger partial charge on any atom is -0.375 e. The van der Waals surface area contributed by atoms with E-state index in [-0.39, 0.29) is 12.1 Å². The van der Waals surface area contributed by atoms with Crippen LogP contribution in [0.25, 0.3) is 0 Å². The number of thiophene rings is 1. The molecule has 1 aliphatic heterocycles. The van der Waals surface area contributed by atoms with Crippen LogP contribution in [0.1, 0.15) is 31.2 Å². The monoisotopic (exact) mass is 332 g/mol. The number of ether oxygens (including phenoxy) is 1. The van der Waals surface area contributed by atoms with Gasteiger partial charge in [-0.3, -0.25) is 0 Å². The van der Waals surface area contributed by atoms with E-state index < -0.39 is 10.0 Å². The Hall–Kier alpha value is -0.470. The standard InChI is InChI=1S/C14H24N2O3S2/c1-5-15-6-13-14(10(2)9-20-13)21(17,18)16-7-12(4)19-8-11(16)3/h9,11-12,15H,5-8H2,1-4H3. The van der Waals surface area contributed by atoms with Gasteiger partial charge in [-0.05, 0) is 38.3 Å². The number of hydrogen-bond donors (Lipinski definition) is 1. The Kier molecular flexibility index (Phi) is 5.43. The number of nitrogens with one attached hydrogen (secondary N) is 1. The molecule has 1 N–H and O–H groups in total. The van der Waals surface area contributed by atoms with Crippen molar-refractivity contribution in [3.05, 3.63) is 15.8 Å². The summed E-state index contributed by atoms with van der Waals surface area (Å²) in [7, 11) is -3.47. The van der Waals surface area contributed by atoms with Crippen molar-refractivity contribution in [3.63, 3.8) is 0 Å². The van der Waals surface area contributed by atoms with Crippen molar-refractivity contribution in [1.82, 2.24) is 9.62 Å². The third kappa shape index (κ3) is 3.48. The zero-order chi connectivity index (χ0) is 15.6. The molecule has 1 aromatic heterocycles. The molecule has 5 nitrogen and oxygen atoms in total. The van der Waals surface area contributed by atoms with Gasteiger partial charge in [0, 0.05) is 24.0 Å². The van der Waals surface area contributed by atoms with Crippen molar-refractivity contribution < 1.29 is 13.2 Å². The van der Waals surface area contributed by atoms with Crippen molar-refractivity contribution in [2.24, 2.45) is 0 Å². The van der Waals surface area contributed by atoms with Gasteiger partial charge in [-0.15, -0.1) is 11.3 Å². The van der Waals surface area contributed by atoms with Gasteiger partial charge in [0.1, 0.15) is 4.90 Å². The summed E-state index contributed by atoms with van der Waals surface area (Å²) in [5.41, 5.74) is 0.833. The number of sulfonamides is 1. The van der Waals surface area contributed by atoms with Crippen molar-refractivity contribution >= 4 is 21.4 Å². The quantitative estimate of drug-likeness (QED) is 0.895. The van der Waals surface area contributed by atoms with E-state index in [2.05, 4.69) is 5.32 Å². The summed E-state index contributed by atoms with van der Waals surface area (Å²) in [6.45, 7) is 9.97. The van der Waals surface area contributed by atoms with Crippen LogP contribution < -0.4 is 5.32 Å². The lowest BCUT2D eigenvalue weighted by molar-refractivity contribution is -0.0170. The average molecular weight is 332 g/mol. The fourth-order valence-electron chi connectivity index (χ4n) is 2.52. The molecule has 7 heteroatoms. The summed E-state index contributed by atoms with van der Waals surface area (Å²) in [6, 6.07) is -0.127.